The maximum atomic E-state index is 11.0. The quantitative estimate of drug-likeness (QED) is 0.506. The molecule has 0 unspecified atom stereocenters. The number of halogens is 1. The van der Waals surface area contributed by atoms with E-state index >= 15 is 0 Å². The van der Waals surface area contributed by atoms with Crippen LogP contribution in [-0.2, 0) is 0 Å². The van der Waals surface area contributed by atoms with Crippen molar-refractivity contribution in [3.05, 3.63) is 49.3 Å². The third-order valence-electron chi connectivity index (χ3n) is 2.59. The maximum absolute atomic E-state index is 11.0. The van der Waals surface area contributed by atoms with E-state index in [9.17, 15) is 14.9 Å². The molecule has 1 N–H and O–H groups in total. The highest BCUT2D eigenvalue weighted by Crippen LogP contribution is 2.26. The van der Waals surface area contributed by atoms with Crippen LogP contribution in [-0.4, -0.2) is 25.8 Å². The van der Waals surface area contributed by atoms with Crippen molar-refractivity contribution in [3.63, 3.8) is 0 Å². The molecule has 7 nitrogen and oxygen atoms in total. The Bertz CT molecular complexity index is 681. The molecule has 0 atom stereocenters. The number of nitro groups is 1. The molecule has 0 aliphatic carbocycles. The van der Waals surface area contributed by atoms with Crippen molar-refractivity contribution < 1.29 is 14.8 Å². The first kappa shape index (κ1) is 13.5. The van der Waals surface area contributed by atoms with Crippen LogP contribution < -0.4 is 0 Å². The van der Waals surface area contributed by atoms with E-state index in [1.807, 2.05) is 22.6 Å². The number of carboxylic acid groups (broad SMARTS) is 1. The first-order valence-corrected chi connectivity index (χ1v) is 6.21. The topological polar surface area (TPSA) is 98.3 Å². The molecule has 1 aromatic carbocycles. The van der Waals surface area contributed by atoms with Gasteiger partial charge in [-0.2, -0.15) is 5.10 Å². The van der Waals surface area contributed by atoms with Gasteiger partial charge in [0.15, 0.2) is 0 Å². The number of carboxylic acids is 1. The molecule has 0 saturated carbocycles. The Morgan fingerprint density at radius 3 is 2.68 bits per heavy atom. The molecular weight excluding hydrogens is 365 g/mol. The highest BCUT2D eigenvalue weighted by molar-refractivity contribution is 14.1. The van der Waals surface area contributed by atoms with Crippen molar-refractivity contribution in [1.82, 2.24) is 9.78 Å². The third-order valence-corrected chi connectivity index (χ3v) is 3.15. The minimum absolute atomic E-state index is 0.141. The summed E-state index contributed by atoms with van der Waals surface area (Å²) in [5, 5.41) is 24.0. The minimum atomic E-state index is -1.22. The molecule has 1 aromatic heterocycles. The van der Waals surface area contributed by atoms with Crippen LogP contribution in [0.5, 0.6) is 0 Å². The number of aromatic carboxylic acids is 1. The van der Waals surface area contributed by atoms with E-state index < -0.39 is 10.9 Å². The SMILES string of the molecule is Cc1c(-n2cc(I)cn2)cc(C(=O)O)cc1[N+](=O)[O-]. The van der Waals surface area contributed by atoms with E-state index in [4.69, 9.17) is 5.11 Å². The summed E-state index contributed by atoms with van der Waals surface area (Å²) in [7, 11) is 0. The summed E-state index contributed by atoms with van der Waals surface area (Å²) >= 11 is 2.05. The van der Waals surface area contributed by atoms with Crippen LogP contribution in [0.4, 0.5) is 5.69 Å². The van der Waals surface area contributed by atoms with Gasteiger partial charge in [0.1, 0.15) is 0 Å². The molecule has 0 amide bonds. The Morgan fingerprint density at radius 2 is 2.21 bits per heavy atom. The summed E-state index contributed by atoms with van der Waals surface area (Å²) < 4.78 is 2.27. The average molecular weight is 373 g/mol. The lowest BCUT2D eigenvalue weighted by Crippen LogP contribution is -2.06. The van der Waals surface area contributed by atoms with E-state index in [0.717, 1.165) is 9.64 Å². The number of hydrogen-bond donors (Lipinski definition) is 1. The second-order valence-electron chi connectivity index (χ2n) is 3.80. The van der Waals surface area contributed by atoms with Crippen LogP contribution in [0.25, 0.3) is 5.69 Å². The van der Waals surface area contributed by atoms with Gasteiger partial charge >= 0.3 is 5.97 Å². The third kappa shape index (κ3) is 2.57. The van der Waals surface area contributed by atoms with Crippen LogP contribution in [0.1, 0.15) is 15.9 Å². The Balaban J connectivity index is 2.72. The van der Waals surface area contributed by atoms with E-state index in [0.29, 0.717) is 11.3 Å². The lowest BCUT2D eigenvalue weighted by atomic mass is 10.1. The van der Waals surface area contributed by atoms with Gasteiger partial charge in [-0.05, 0) is 35.6 Å². The number of carbonyl (C=O) groups is 1. The van der Waals surface area contributed by atoms with Crippen molar-refractivity contribution in [2.24, 2.45) is 0 Å². The second-order valence-corrected chi connectivity index (χ2v) is 5.05. The molecule has 19 heavy (non-hydrogen) atoms. The van der Waals surface area contributed by atoms with Gasteiger partial charge in [0.25, 0.3) is 5.69 Å². The van der Waals surface area contributed by atoms with Gasteiger partial charge in [-0.25, -0.2) is 9.48 Å². The molecule has 0 aliphatic rings. The molecule has 98 valence electrons. The van der Waals surface area contributed by atoms with Crippen molar-refractivity contribution in [3.8, 4) is 5.69 Å². The van der Waals surface area contributed by atoms with Crippen molar-refractivity contribution in [2.75, 3.05) is 0 Å². The summed E-state index contributed by atoms with van der Waals surface area (Å²) in [6.07, 6.45) is 3.25. The van der Waals surface area contributed by atoms with Crippen LogP contribution >= 0.6 is 22.6 Å². The predicted octanol–water partition coefficient (Wildman–Crippen LogP) is 2.39. The Kier molecular flexibility index (Phi) is 3.51. The molecule has 0 radical (unpaired) electrons. The monoisotopic (exact) mass is 373 g/mol. The van der Waals surface area contributed by atoms with Gasteiger partial charge in [-0.3, -0.25) is 10.1 Å². The van der Waals surface area contributed by atoms with Crippen LogP contribution in [0.15, 0.2) is 24.5 Å². The largest absolute Gasteiger partial charge is 0.478 e. The van der Waals surface area contributed by atoms with E-state index in [2.05, 4.69) is 5.10 Å². The maximum Gasteiger partial charge on any atom is 0.336 e. The highest BCUT2D eigenvalue weighted by Gasteiger charge is 2.20. The lowest BCUT2D eigenvalue weighted by molar-refractivity contribution is -0.385. The fourth-order valence-electron chi connectivity index (χ4n) is 1.67. The van der Waals surface area contributed by atoms with Gasteiger partial charge in [-0.1, -0.05) is 0 Å². The van der Waals surface area contributed by atoms with Gasteiger partial charge in [-0.15, -0.1) is 0 Å². The Morgan fingerprint density at radius 1 is 1.53 bits per heavy atom. The van der Waals surface area contributed by atoms with Gasteiger partial charge in [0.05, 0.1) is 31.5 Å². The zero-order valence-electron chi connectivity index (χ0n) is 9.70. The Labute approximate surface area is 121 Å². The zero-order valence-corrected chi connectivity index (χ0v) is 11.9. The summed E-state index contributed by atoms with van der Waals surface area (Å²) in [5.41, 5.74) is 0.377. The van der Waals surface area contributed by atoms with Crippen molar-refractivity contribution in [1.29, 1.82) is 0 Å². The number of nitro benzene ring substituents is 1. The number of benzene rings is 1. The van der Waals surface area contributed by atoms with Crippen LogP contribution in [0.3, 0.4) is 0 Å². The lowest BCUT2D eigenvalue weighted by Gasteiger charge is -2.08. The molecule has 2 aromatic rings. The normalized spacial score (nSPS) is 10.4. The molecule has 0 fully saturated rings. The fourth-order valence-corrected chi connectivity index (χ4v) is 2.06. The predicted molar refractivity (Wildman–Crippen MR) is 74.6 cm³/mol. The number of rotatable bonds is 3. The van der Waals surface area contributed by atoms with Gasteiger partial charge in [0.2, 0.25) is 0 Å². The van der Waals surface area contributed by atoms with Crippen molar-refractivity contribution in [2.45, 2.75) is 6.92 Å². The first-order valence-electron chi connectivity index (χ1n) is 5.13. The summed E-state index contributed by atoms with van der Waals surface area (Å²) in [6, 6.07) is 2.42. The summed E-state index contributed by atoms with van der Waals surface area (Å²) in [6.45, 7) is 1.56. The Hall–Kier alpha value is -1.97. The van der Waals surface area contributed by atoms with E-state index in [1.165, 1.54) is 10.7 Å². The van der Waals surface area contributed by atoms with Gasteiger partial charge in [0, 0.05) is 12.3 Å². The van der Waals surface area contributed by atoms with Crippen LogP contribution in [0.2, 0.25) is 0 Å². The van der Waals surface area contributed by atoms with Crippen LogP contribution in [0, 0.1) is 20.6 Å². The average Bonchev–Trinajstić information content (AvgIpc) is 2.75. The standard InChI is InChI=1S/C11H8IN3O4/c1-6-9(14-5-8(12)4-13-14)2-7(11(16)17)3-10(6)15(18)19/h2-5H,1H3,(H,16,17). The molecule has 0 aliphatic heterocycles. The second kappa shape index (κ2) is 4.96. The number of hydrogen-bond acceptors (Lipinski definition) is 4. The molecule has 2 rings (SSSR count). The summed E-state index contributed by atoms with van der Waals surface area (Å²) in [5.74, 6) is -1.22. The first-order chi connectivity index (χ1) is 8.90. The van der Waals surface area contributed by atoms with Gasteiger partial charge < -0.3 is 5.11 Å². The number of nitrogens with zero attached hydrogens (tertiary/aromatic N) is 3. The molecule has 0 bridgehead atoms. The van der Waals surface area contributed by atoms with E-state index in [-0.39, 0.29) is 11.3 Å². The van der Waals surface area contributed by atoms with Crippen molar-refractivity contribution >= 4 is 34.2 Å². The minimum Gasteiger partial charge on any atom is -0.478 e. The molecular formula is C11H8IN3O4. The molecule has 0 spiro atoms. The number of aromatic nitrogens is 2. The highest BCUT2D eigenvalue weighted by atomic mass is 127. The molecule has 1 heterocycles. The smallest absolute Gasteiger partial charge is 0.336 e. The fraction of sp³-hybridized carbons (Fsp3) is 0.0909. The molecule has 0 saturated heterocycles. The summed E-state index contributed by atoms with van der Waals surface area (Å²) in [4.78, 5) is 21.4. The zero-order chi connectivity index (χ0) is 14.2. The van der Waals surface area contributed by atoms with E-state index in [1.54, 1.807) is 19.3 Å². The molecule has 8 heteroatoms.